The molecule has 7 heteroatoms. The molecule has 0 bridgehead atoms. The van der Waals surface area contributed by atoms with Gasteiger partial charge in [0.1, 0.15) is 5.75 Å². The van der Waals surface area contributed by atoms with Crippen molar-refractivity contribution in [1.29, 1.82) is 0 Å². The molecule has 136 valence electrons. The number of nitrogens with zero attached hydrogens (tertiary/aromatic N) is 2. The average molecular weight is 347 g/mol. The maximum Gasteiger partial charge on any atom is 0.317 e. The fourth-order valence-corrected chi connectivity index (χ4v) is 3.77. The van der Waals surface area contributed by atoms with Gasteiger partial charge in [0.15, 0.2) is 11.5 Å². The van der Waals surface area contributed by atoms with Crippen LogP contribution < -0.4 is 19.5 Å². The molecule has 3 heterocycles. The summed E-state index contributed by atoms with van der Waals surface area (Å²) in [5.41, 5.74) is 0. The van der Waals surface area contributed by atoms with E-state index in [1.807, 2.05) is 23.1 Å². The Morgan fingerprint density at radius 2 is 2.16 bits per heavy atom. The van der Waals surface area contributed by atoms with Crippen LogP contribution in [-0.4, -0.2) is 68.0 Å². The summed E-state index contributed by atoms with van der Waals surface area (Å²) >= 11 is 0. The molecular weight excluding hydrogens is 322 g/mol. The Kier molecular flexibility index (Phi) is 4.83. The van der Waals surface area contributed by atoms with Gasteiger partial charge < -0.3 is 29.3 Å². The van der Waals surface area contributed by atoms with E-state index in [1.165, 1.54) is 0 Å². The largest absolute Gasteiger partial charge is 0.493 e. The second-order valence-corrected chi connectivity index (χ2v) is 6.74. The molecule has 0 aliphatic carbocycles. The van der Waals surface area contributed by atoms with E-state index < -0.39 is 0 Å². The molecule has 7 nitrogen and oxygen atoms in total. The molecule has 0 saturated carbocycles. The van der Waals surface area contributed by atoms with Crippen molar-refractivity contribution < 1.29 is 19.0 Å². The first-order valence-electron chi connectivity index (χ1n) is 9.09. The number of hydrogen-bond donors (Lipinski definition) is 1. The summed E-state index contributed by atoms with van der Waals surface area (Å²) in [5.74, 6) is 2.34. The molecule has 0 unspecified atom stereocenters. The number of fused-ring (bicyclic) bond motifs is 1. The summed E-state index contributed by atoms with van der Waals surface area (Å²) in [5, 5.41) is 2.90. The number of hydrogen-bond acceptors (Lipinski definition) is 5. The molecule has 3 aliphatic heterocycles. The lowest BCUT2D eigenvalue weighted by Gasteiger charge is -2.37. The van der Waals surface area contributed by atoms with E-state index in [4.69, 9.17) is 14.2 Å². The topological polar surface area (TPSA) is 63.3 Å². The minimum atomic E-state index is 0.0954. The van der Waals surface area contributed by atoms with E-state index in [9.17, 15) is 4.79 Å². The number of rotatable bonds is 6. The van der Waals surface area contributed by atoms with Gasteiger partial charge in [0, 0.05) is 38.3 Å². The molecule has 25 heavy (non-hydrogen) atoms. The van der Waals surface area contributed by atoms with Gasteiger partial charge in [-0.25, -0.2) is 4.79 Å². The number of piperidine rings is 1. The van der Waals surface area contributed by atoms with Crippen LogP contribution in [0.2, 0.25) is 0 Å². The van der Waals surface area contributed by atoms with E-state index in [0.29, 0.717) is 12.6 Å². The number of nitrogens with one attached hydrogen (secondary N) is 1. The second-order valence-electron chi connectivity index (χ2n) is 6.74. The summed E-state index contributed by atoms with van der Waals surface area (Å²) in [6.45, 7) is 5.64. The van der Waals surface area contributed by atoms with Crippen LogP contribution in [0.15, 0.2) is 18.2 Å². The van der Waals surface area contributed by atoms with Gasteiger partial charge in [-0.1, -0.05) is 0 Å². The van der Waals surface area contributed by atoms with Crippen molar-refractivity contribution in [2.45, 2.75) is 25.3 Å². The molecule has 3 aliphatic rings. The molecule has 2 fully saturated rings. The highest BCUT2D eigenvalue weighted by atomic mass is 16.7. The molecule has 0 aromatic heterocycles. The van der Waals surface area contributed by atoms with Gasteiger partial charge in [0.2, 0.25) is 6.79 Å². The quantitative estimate of drug-likeness (QED) is 0.793. The minimum Gasteiger partial charge on any atom is -0.493 e. The molecule has 1 aromatic carbocycles. The van der Waals surface area contributed by atoms with Crippen molar-refractivity contribution in [3.05, 3.63) is 18.2 Å². The highest BCUT2D eigenvalue weighted by Gasteiger charge is 2.30. The van der Waals surface area contributed by atoms with Crippen molar-refractivity contribution in [3.63, 3.8) is 0 Å². The molecule has 0 spiro atoms. The van der Waals surface area contributed by atoms with E-state index in [2.05, 4.69) is 10.2 Å². The van der Waals surface area contributed by atoms with Crippen LogP contribution in [0.25, 0.3) is 0 Å². The van der Waals surface area contributed by atoms with Gasteiger partial charge in [-0.3, -0.25) is 0 Å². The molecule has 2 amide bonds. The van der Waals surface area contributed by atoms with Gasteiger partial charge in [0.25, 0.3) is 0 Å². The lowest BCUT2D eigenvalue weighted by Crippen LogP contribution is -2.49. The predicted octanol–water partition coefficient (Wildman–Crippen LogP) is 1.67. The number of benzene rings is 1. The highest BCUT2D eigenvalue weighted by Crippen LogP contribution is 2.35. The maximum absolute atomic E-state index is 11.8. The lowest BCUT2D eigenvalue weighted by molar-refractivity contribution is 0.121. The van der Waals surface area contributed by atoms with E-state index in [-0.39, 0.29) is 12.8 Å². The number of likely N-dealkylation sites (tertiary alicyclic amines) is 1. The molecule has 1 aromatic rings. The molecule has 4 rings (SSSR count). The van der Waals surface area contributed by atoms with Crippen LogP contribution in [0.5, 0.6) is 17.2 Å². The normalized spacial score (nSPS) is 23.0. The van der Waals surface area contributed by atoms with Crippen LogP contribution in [0.3, 0.4) is 0 Å². The van der Waals surface area contributed by atoms with Crippen LogP contribution in [0.4, 0.5) is 4.79 Å². The predicted molar refractivity (Wildman–Crippen MR) is 92.2 cm³/mol. The van der Waals surface area contributed by atoms with Crippen LogP contribution >= 0.6 is 0 Å². The van der Waals surface area contributed by atoms with Gasteiger partial charge in [-0.2, -0.15) is 0 Å². The average Bonchev–Trinajstić information content (AvgIpc) is 3.27. The molecule has 1 N–H and O–H groups in total. The zero-order valence-corrected chi connectivity index (χ0v) is 14.4. The van der Waals surface area contributed by atoms with Crippen molar-refractivity contribution in [2.24, 2.45) is 0 Å². The third kappa shape index (κ3) is 3.76. The first-order valence-corrected chi connectivity index (χ1v) is 9.09. The number of carbonyl (C=O) groups excluding carboxylic acids is 1. The van der Waals surface area contributed by atoms with E-state index in [0.717, 1.165) is 69.2 Å². The fourth-order valence-electron chi connectivity index (χ4n) is 3.77. The molecule has 1 atom stereocenters. The monoisotopic (exact) mass is 347 g/mol. The number of amides is 2. The molecule has 0 radical (unpaired) electrons. The first kappa shape index (κ1) is 16.3. The summed E-state index contributed by atoms with van der Waals surface area (Å²) in [6.07, 6.45) is 3.22. The summed E-state index contributed by atoms with van der Waals surface area (Å²) < 4.78 is 16.5. The van der Waals surface area contributed by atoms with E-state index in [1.54, 1.807) is 0 Å². The zero-order valence-electron chi connectivity index (χ0n) is 14.4. The van der Waals surface area contributed by atoms with E-state index >= 15 is 0 Å². The van der Waals surface area contributed by atoms with Gasteiger partial charge in [-0.05, 0) is 37.9 Å². The fraction of sp³-hybridized carbons (Fsp3) is 0.611. The standard InChI is InChI=1S/C18H25N3O4/c22-18-19-6-9-21(18)14-3-1-7-20(12-14)8-2-10-23-15-4-5-16-17(11-15)25-13-24-16/h4-5,11,14H,1-3,6-10,12-13H2,(H,19,22)/t14-/m1/s1. The Bertz CT molecular complexity index is 624. The SMILES string of the molecule is O=C1NCCN1[C@@H]1CCCN(CCCOc2ccc3c(c2)OCO3)C1. The Hall–Kier alpha value is -2.15. The third-order valence-electron chi connectivity index (χ3n) is 5.04. The molecular formula is C18H25N3O4. The maximum atomic E-state index is 11.8. The summed E-state index contributed by atoms with van der Waals surface area (Å²) in [7, 11) is 0. The number of carbonyl (C=O) groups is 1. The number of urea groups is 1. The van der Waals surface area contributed by atoms with Crippen molar-refractivity contribution in [1.82, 2.24) is 15.1 Å². The zero-order chi connectivity index (χ0) is 17.1. The Morgan fingerprint density at radius 3 is 3.04 bits per heavy atom. The molecule has 2 saturated heterocycles. The number of ether oxygens (including phenoxy) is 3. The van der Waals surface area contributed by atoms with Crippen LogP contribution in [0.1, 0.15) is 19.3 Å². The highest BCUT2D eigenvalue weighted by molar-refractivity contribution is 5.76. The van der Waals surface area contributed by atoms with Crippen molar-refractivity contribution in [2.75, 3.05) is 46.1 Å². The van der Waals surface area contributed by atoms with Crippen LogP contribution in [-0.2, 0) is 0 Å². The van der Waals surface area contributed by atoms with Crippen molar-refractivity contribution in [3.8, 4) is 17.2 Å². The minimum absolute atomic E-state index is 0.0954. The van der Waals surface area contributed by atoms with Crippen molar-refractivity contribution >= 4 is 6.03 Å². The summed E-state index contributed by atoms with van der Waals surface area (Å²) in [4.78, 5) is 16.3. The first-order chi connectivity index (χ1) is 12.3. The summed E-state index contributed by atoms with van der Waals surface area (Å²) in [6, 6.07) is 6.12. The lowest BCUT2D eigenvalue weighted by atomic mass is 10.0. The Morgan fingerprint density at radius 1 is 1.24 bits per heavy atom. The smallest absolute Gasteiger partial charge is 0.317 e. The van der Waals surface area contributed by atoms with Gasteiger partial charge in [-0.15, -0.1) is 0 Å². The second kappa shape index (κ2) is 7.39. The van der Waals surface area contributed by atoms with Gasteiger partial charge in [0.05, 0.1) is 6.61 Å². The third-order valence-corrected chi connectivity index (χ3v) is 5.04. The van der Waals surface area contributed by atoms with Crippen LogP contribution in [0, 0.1) is 0 Å². The Balaban J connectivity index is 1.20. The van der Waals surface area contributed by atoms with Gasteiger partial charge >= 0.3 is 6.03 Å². The Labute approximate surface area is 147 Å².